The molecule has 0 amide bonds. The van der Waals surface area contributed by atoms with E-state index < -0.39 is 0 Å². The van der Waals surface area contributed by atoms with E-state index in [1.807, 2.05) is 0 Å². The smallest absolute Gasteiger partial charge is 0.0464 e. The fourth-order valence-electron chi connectivity index (χ4n) is 2.38. The van der Waals surface area contributed by atoms with Gasteiger partial charge >= 0.3 is 0 Å². The van der Waals surface area contributed by atoms with Gasteiger partial charge in [0, 0.05) is 6.61 Å². The van der Waals surface area contributed by atoms with Gasteiger partial charge in [0.1, 0.15) is 0 Å². The maximum Gasteiger partial charge on any atom is 0.0464 e. The summed E-state index contributed by atoms with van der Waals surface area (Å²) >= 11 is 0. The lowest BCUT2D eigenvalue weighted by atomic mass is 9.84. The van der Waals surface area contributed by atoms with Crippen molar-refractivity contribution in [2.45, 2.75) is 48.0 Å². The van der Waals surface area contributed by atoms with Crippen LogP contribution in [0.4, 0.5) is 0 Å². The highest BCUT2D eigenvalue weighted by atomic mass is 16.3. The Kier molecular flexibility index (Phi) is 4.76. The Morgan fingerprint density at radius 3 is 1.82 bits per heavy atom. The van der Waals surface area contributed by atoms with E-state index in [1.54, 1.807) is 0 Å². The summed E-state index contributed by atoms with van der Waals surface area (Å²) in [6.45, 7) is 13.4. The van der Waals surface area contributed by atoms with Crippen LogP contribution in [-0.2, 0) is 6.42 Å². The van der Waals surface area contributed by atoms with Crippen LogP contribution in [0, 0.1) is 39.5 Å². The van der Waals surface area contributed by atoms with Gasteiger partial charge in [0.05, 0.1) is 0 Å². The lowest BCUT2D eigenvalue weighted by Gasteiger charge is -2.22. The Morgan fingerprint density at radius 2 is 1.47 bits per heavy atom. The molecule has 1 unspecified atom stereocenters. The van der Waals surface area contributed by atoms with E-state index in [9.17, 15) is 5.11 Å². The van der Waals surface area contributed by atoms with Crippen LogP contribution < -0.4 is 0 Å². The van der Waals surface area contributed by atoms with Crippen molar-refractivity contribution in [3.8, 4) is 0 Å². The summed E-state index contributed by atoms with van der Waals surface area (Å²) in [4.78, 5) is 0. The van der Waals surface area contributed by atoms with Crippen molar-refractivity contribution in [2.24, 2.45) is 11.8 Å². The van der Waals surface area contributed by atoms with Gasteiger partial charge in [-0.15, -0.1) is 0 Å². The monoisotopic (exact) mass is 234 g/mol. The van der Waals surface area contributed by atoms with E-state index in [1.165, 1.54) is 27.8 Å². The van der Waals surface area contributed by atoms with E-state index in [2.05, 4.69) is 47.6 Å². The van der Waals surface area contributed by atoms with Crippen LogP contribution in [0.2, 0.25) is 0 Å². The molecular weight excluding hydrogens is 208 g/mol. The standard InChI is InChI=1S/C16H26O/c1-10(2)15(9-17)8-16-13(5)11(3)7-12(4)14(16)6/h7,10,15,17H,8-9H2,1-6H3. The molecule has 1 nitrogen and oxygen atoms in total. The highest BCUT2D eigenvalue weighted by molar-refractivity contribution is 5.44. The molecule has 1 rings (SSSR count). The lowest BCUT2D eigenvalue weighted by molar-refractivity contribution is 0.189. The maximum atomic E-state index is 9.48. The van der Waals surface area contributed by atoms with Crippen molar-refractivity contribution in [1.82, 2.24) is 0 Å². The molecule has 96 valence electrons. The molecule has 1 atom stereocenters. The number of hydrogen-bond acceptors (Lipinski definition) is 1. The summed E-state index contributed by atoms with van der Waals surface area (Å²) in [7, 11) is 0. The molecule has 0 saturated heterocycles. The molecule has 0 aliphatic carbocycles. The average molecular weight is 234 g/mol. The van der Waals surface area contributed by atoms with Crippen LogP contribution in [0.1, 0.15) is 41.7 Å². The SMILES string of the molecule is Cc1cc(C)c(C)c(CC(CO)C(C)C)c1C. The third-order valence-electron chi connectivity index (χ3n) is 4.16. The second kappa shape index (κ2) is 5.68. The average Bonchev–Trinajstić information content (AvgIpc) is 2.26. The predicted molar refractivity (Wildman–Crippen MR) is 74.5 cm³/mol. The normalized spacial score (nSPS) is 13.2. The third kappa shape index (κ3) is 3.10. The van der Waals surface area contributed by atoms with Crippen molar-refractivity contribution in [3.63, 3.8) is 0 Å². The van der Waals surface area contributed by atoms with Gasteiger partial charge in [0.2, 0.25) is 0 Å². The second-order valence-corrected chi connectivity index (χ2v) is 5.63. The minimum atomic E-state index is 0.281. The van der Waals surface area contributed by atoms with Crippen molar-refractivity contribution < 1.29 is 5.11 Å². The highest BCUT2D eigenvalue weighted by Gasteiger charge is 2.17. The number of aliphatic hydroxyl groups excluding tert-OH is 1. The van der Waals surface area contributed by atoms with Crippen LogP contribution >= 0.6 is 0 Å². The zero-order chi connectivity index (χ0) is 13.2. The van der Waals surface area contributed by atoms with Crippen molar-refractivity contribution >= 4 is 0 Å². The van der Waals surface area contributed by atoms with Gasteiger partial charge in [-0.05, 0) is 73.8 Å². The minimum absolute atomic E-state index is 0.281. The van der Waals surface area contributed by atoms with Crippen LogP contribution in [0.15, 0.2) is 6.07 Å². The summed E-state index contributed by atoms with van der Waals surface area (Å²) < 4.78 is 0. The molecule has 0 aliphatic rings. The molecule has 0 saturated carbocycles. The molecule has 0 bridgehead atoms. The van der Waals surface area contributed by atoms with Crippen LogP contribution in [0.5, 0.6) is 0 Å². The molecule has 1 aromatic carbocycles. The predicted octanol–water partition coefficient (Wildman–Crippen LogP) is 3.73. The Bertz CT molecular complexity index is 365. The zero-order valence-corrected chi connectivity index (χ0v) is 12.1. The molecule has 1 heteroatoms. The number of benzene rings is 1. The lowest BCUT2D eigenvalue weighted by Crippen LogP contribution is -2.18. The minimum Gasteiger partial charge on any atom is -0.396 e. The Morgan fingerprint density at radius 1 is 1.00 bits per heavy atom. The molecule has 0 radical (unpaired) electrons. The van der Waals surface area contributed by atoms with Crippen LogP contribution in [0.25, 0.3) is 0 Å². The Hall–Kier alpha value is -0.820. The maximum absolute atomic E-state index is 9.48. The number of aryl methyl sites for hydroxylation is 2. The largest absolute Gasteiger partial charge is 0.396 e. The summed E-state index contributed by atoms with van der Waals surface area (Å²) in [5.74, 6) is 0.896. The van der Waals surface area contributed by atoms with E-state index in [4.69, 9.17) is 0 Å². The number of aliphatic hydroxyl groups is 1. The van der Waals surface area contributed by atoms with E-state index in [0.717, 1.165) is 6.42 Å². The van der Waals surface area contributed by atoms with Gasteiger partial charge in [-0.3, -0.25) is 0 Å². The molecule has 0 aliphatic heterocycles. The molecule has 0 spiro atoms. The summed E-state index contributed by atoms with van der Waals surface area (Å²) in [5.41, 5.74) is 6.96. The first kappa shape index (κ1) is 14.2. The summed E-state index contributed by atoms with van der Waals surface area (Å²) in [6.07, 6.45) is 0.994. The van der Waals surface area contributed by atoms with Gasteiger partial charge < -0.3 is 5.11 Å². The molecule has 0 aromatic heterocycles. The van der Waals surface area contributed by atoms with Crippen LogP contribution in [-0.4, -0.2) is 11.7 Å². The van der Waals surface area contributed by atoms with Gasteiger partial charge in [0.15, 0.2) is 0 Å². The van der Waals surface area contributed by atoms with Crippen molar-refractivity contribution in [3.05, 3.63) is 33.9 Å². The number of hydrogen-bond donors (Lipinski definition) is 1. The summed E-state index contributed by atoms with van der Waals surface area (Å²) in [6, 6.07) is 2.26. The molecular formula is C16H26O. The van der Waals surface area contributed by atoms with Gasteiger partial charge in [-0.1, -0.05) is 19.9 Å². The number of rotatable bonds is 4. The van der Waals surface area contributed by atoms with Crippen molar-refractivity contribution in [1.29, 1.82) is 0 Å². The van der Waals surface area contributed by atoms with Crippen LogP contribution in [0.3, 0.4) is 0 Å². The summed E-state index contributed by atoms with van der Waals surface area (Å²) in [5, 5.41) is 9.48. The topological polar surface area (TPSA) is 20.2 Å². The molecule has 0 fully saturated rings. The molecule has 0 heterocycles. The van der Waals surface area contributed by atoms with E-state index in [0.29, 0.717) is 11.8 Å². The first-order valence-corrected chi connectivity index (χ1v) is 6.55. The fraction of sp³-hybridized carbons (Fsp3) is 0.625. The first-order valence-electron chi connectivity index (χ1n) is 6.55. The first-order chi connectivity index (χ1) is 7.88. The van der Waals surface area contributed by atoms with Gasteiger partial charge in [-0.25, -0.2) is 0 Å². The Balaban J connectivity index is 3.13. The Labute approximate surface area is 106 Å². The highest BCUT2D eigenvalue weighted by Crippen LogP contribution is 2.26. The van der Waals surface area contributed by atoms with E-state index in [-0.39, 0.29) is 6.61 Å². The van der Waals surface area contributed by atoms with Gasteiger partial charge in [0.25, 0.3) is 0 Å². The van der Waals surface area contributed by atoms with Gasteiger partial charge in [-0.2, -0.15) is 0 Å². The second-order valence-electron chi connectivity index (χ2n) is 5.63. The fourth-order valence-corrected chi connectivity index (χ4v) is 2.38. The molecule has 17 heavy (non-hydrogen) atoms. The molecule has 1 aromatic rings. The van der Waals surface area contributed by atoms with E-state index >= 15 is 0 Å². The zero-order valence-electron chi connectivity index (χ0n) is 12.1. The molecule has 1 N–H and O–H groups in total. The quantitative estimate of drug-likeness (QED) is 0.841. The van der Waals surface area contributed by atoms with Crippen molar-refractivity contribution in [2.75, 3.05) is 6.61 Å². The third-order valence-corrected chi connectivity index (χ3v) is 4.16.